The summed E-state index contributed by atoms with van der Waals surface area (Å²) in [4.78, 5) is 11.7. The standard InChI is InChI=1S/C25H30Cl2N4/c26-21-2-1-16(8-22(21)27)12-31-4-3-20-23(13-31)29-15-30-24(20)28-14-25-9-17-5-18(10-25)7-19(6-17)11-25/h1-2,8,15,17-19H,3-7,9-14H2,(H,28,29,30). The topological polar surface area (TPSA) is 41.1 Å². The lowest BCUT2D eigenvalue weighted by atomic mass is 9.49. The van der Waals surface area contributed by atoms with Crippen LogP contribution in [-0.2, 0) is 19.5 Å². The fourth-order valence-corrected chi connectivity index (χ4v) is 7.69. The van der Waals surface area contributed by atoms with Crippen LogP contribution >= 0.6 is 23.2 Å². The Kier molecular flexibility index (Phi) is 5.16. The Morgan fingerprint density at radius 3 is 2.45 bits per heavy atom. The second kappa shape index (κ2) is 7.90. The van der Waals surface area contributed by atoms with Crippen molar-refractivity contribution in [2.24, 2.45) is 23.2 Å². The van der Waals surface area contributed by atoms with E-state index in [1.165, 1.54) is 49.7 Å². The highest BCUT2D eigenvalue weighted by molar-refractivity contribution is 6.42. The van der Waals surface area contributed by atoms with Crippen molar-refractivity contribution in [1.29, 1.82) is 0 Å². The fraction of sp³-hybridized carbons (Fsp3) is 0.600. The zero-order valence-electron chi connectivity index (χ0n) is 17.9. The summed E-state index contributed by atoms with van der Waals surface area (Å²) in [6.07, 6.45) is 11.5. The molecule has 4 fully saturated rings. The zero-order chi connectivity index (χ0) is 21.0. The molecule has 1 aromatic carbocycles. The Bertz CT molecular complexity index is 956. The molecule has 1 aliphatic heterocycles. The number of hydrogen-bond donors (Lipinski definition) is 1. The molecule has 2 heterocycles. The molecule has 0 atom stereocenters. The third kappa shape index (κ3) is 3.96. The summed E-state index contributed by atoms with van der Waals surface area (Å²) in [5.74, 6) is 4.04. The largest absolute Gasteiger partial charge is 0.369 e. The van der Waals surface area contributed by atoms with Crippen molar-refractivity contribution in [3.8, 4) is 0 Å². The average Bonchev–Trinajstić information content (AvgIpc) is 2.74. The first-order valence-corrected chi connectivity index (χ1v) is 12.5. The average molecular weight is 457 g/mol. The molecule has 0 saturated heterocycles. The molecule has 1 aromatic heterocycles. The number of hydrogen-bond acceptors (Lipinski definition) is 4. The van der Waals surface area contributed by atoms with Gasteiger partial charge in [0.15, 0.2) is 0 Å². The van der Waals surface area contributed by atoms with E-state index in [0.717, 1.165) is 61.9 Å². The third-order valence-electron chi connectivity index (χ3n) is 8.27. The number of nitrogens with one attached hydrogen (secondary N) is 1. The van der Waals surface area contributed by atoms with Crippen molar-refractivity contribution in [2.45, 2.75) is 58.0 Å². The van der Waals surface area contributed by atoms with Crippen molar-refractivity contribution < 1.29 is 0 Å². The van der Waals surface area contributed by atoms with Gasteiger partial charge in [0.2, 0.25) is 0 Å². The number of halogens is 2. The van der Waals surface area contributed by atoms with Crippen molar-refractivity contribution in [3.05, 3.63) is 51.4 Å². The minimum absolute atomic E-state index is 0.515. The molecule has 4 bridgehead atoms. The van der Waals surface area contributed by atoms with Gasteiger partial charge in [0.1, 0.15) is 12.1 Å². The van der Waals surface area contributed by atoms with Crippen LogP contribution in [0.25, 0.3) is 0 Å². The van der Waals surface area contributed by atoms with Crippen LogP contribution in [0.4, 0.5) is 5.82 Å². The van der Waals surface area contributed by atoms with Gasteiger partial charge in [-0.1, -0.05) is 29.3 Å². The predicted molar refractivity (Wildman–Crippen MR) is 125 cm³/mol. The van der Waals surface area contributed by atoms with Crippen LogP contribution in [-0.4, -0.2) is 28.0 Å². The molecule has 31 heavy (non-hydrogen) atoms. The van der Waals surface area contributed by atoms with Crippen LogP contribution in [0.15, 0.2) is 24.5 Å². The molecule has 4 saturated carbocycles. The number of anilines is 1. The summed E-state index contributed by atoms with van der Waals surface area (Å²) in [7, 11) is 0. The molecular weight excluding hydrogens is 427 g/mol. The van der Waals surface area contributed by atoms with E-state index < -0.39 is 0 Å². The van der Waals surface area contributed by atoms with Crippen molar-refractivity contribution >= 4 is 29.0 Å². The second-order valence-corrected chi connectivity index (χ2v) is 11.4. The Balaban J connectivity index is 1.14. The lowest BCUT2D eigenvalue weighted by Crippen LogP contribution is -2.49. The monoisotopic (exact) mass is 456 g/mol. The van der Waals surface area contributed by atoms with Crippen LogP contribution in [0.5, 0.6) is 0 Å². The first kappa shape index (κ1) is 20.3. The first-order chi connectivity index (χ1) is 15.1. The predicted octanol–water partition coefficient (Wildman–Crippen LogP) is 5.97. The minimum atomic E-state index is 0.515. The summed E-state index contributed by atoms with van der Waals surface area (Å²) in [5.41, 5.74) is 4.18. The molecule has 0 unspecified atom stereocenters. The van der Waals surface area contributed by atoms with E-state index in [2.05, 4.69) is 26.3 Å². The highest BCUT2D eigenvalue weighted by Gasteiger charge is 2.50. The van der Waals surface area contributed by atoms with Crippen molar-refractivity contribution in [3.63, 3.8) is 0 Å². The van der Waals surface area contributed by atoms with Crippen molar-refractivity contribution in [1.82, 2.24) is 14.9 Å². The van der Waals surface area contributed by atoms with E-state index in [1.807, 2.05) is 12.1 Å². The second-order valence-electron chi connectivity index (χ2n) is 10.6. The third-order valence-corrected chi connectivity index (χ3v) is 9.01. The molecule has 2 aromatic rings. The smallest absolute Gasteiger partial charge is 0.132 e. The highest BCUT2D eigenvalue weighted by Crippen LogP contribution is 2.59. The van der Waals surface area contributed by atoms with Crippen LogP contribution in [0, 0.1) is 23.2 Å². The van der Waals surface area contributed by atoms with E-state index in [9.17, 15) is 0 Å². The molecule has 0 amide bonds. The maximum absolute atomic E-state index is 6.20. The maximum Gasteiger partial charge on any atom is 0.132 e. The molecule has 164 valence electrons. The minimum Gasteiger partial charge on any atom is -0.369 e. The summed E-state index contributed by atoms with van der Waals surface area (Å²) < 4.78 is 0. The molecular formula is C25H30Cl2N4. The zero-order valence-corrected chi connectivity index (χ0v) is 19.4. The van der Waals surface area contributed by atoms with E-state index in [1.54, 1.807) is 6.33 Å². The van der Waals surface area contributed by atoms with Gasteiger partial charge in [-0.3, -0.25) is 4.90 Å². The lowest BCUT2D eigenvalue weighted by molar-refractivity contribution is -0.0444. The summed E-state index contributed by atoms with van der Waals surface area (Å²) in [6.45, 7) is 3.81. The summed E-state index contributed by atoms with van der Waals surface area (Å²) in [6, 6.07) is 5.91. The van der Waals surface area contributed by atoms with Gasteiger partial charge in [-0.05, 0) is 85.8 Å². The molecule has 5 aliphatic rings. The summed E-state index contributed by atoms with van der Waals surface area (Å²) in [5, 5.41) is 5.03. The van der Waals surface area contributed by atoms with Crippen LogP contribution in [0.1, 0.15) is 55.3 Å². The number of fused-ring (bicyclic) bond motifs is 1. The SMILES string of the molecule is Clc1ccc(CN2CCc3c(ncnc3NCC34CC5CC(CC(C5)C3)C4)C2)cc1Cl. The van der Waals surface area contributed by atoms with Crippen LogP contribution in [0.2, 0.25) is 10.0 Å². The molecule has 0 radical (unpaired) electrons. The van der Waals surface area contributed by atoms with Gasteiger partial charge in [0.05, 0.1) is 15.7 Å². The Morgan fingerprint density at radius 1 is 1.00 bits per heavy atom. The van der Waals surface area contributed by atoms with Gasteiger partial charge < -0.3 is 5.32 Å². The molecule has 0 spiro atoms. The number of benzene rings is 1. The highest BCUT2D eigenvalue weighted by atomic mass is 35.5. The Morgan fingerprint density at radius 2 is 1.74 bits per heavy atom. The maximum atomic E-state index is 6.20. The summed E-state index contributed by atoms with van der Waals surface area (Å²) >= 11 is 12.3. The van der Waals surface area contributed by atoms with Crippen LogP contribution in [0.3, 0.4) is 0 Å². The molecule has 4 nitrogen and oxygen atoms in total. The quantitative estimate of drug-likeness (QED) is 0.601. The molecule has 7 rings (SSSR count). The number of rotatable bonds is 5. The lowest BCUT2D eigenvalue weighted by Gasteiger charge is -2.57. The van der Waals surface area contributed by atoms with Gasteiger partial charge in [-0.15, -0.1) is 0 Å². The van der Waals surface area contributed by atoms with Crippen molar-refractivity contribution in [2.75, 3.05) is 18.4 Å². The Labute approximate surface area is 194 Å². The molecule has 4 aliphatic carbocycles. The van der Waals surface area contributed by atoms with Crippen LogP contribution < -0.4 is 5.32 Å². The van der Waals surface area contributed by atoms with E-state index >= 15 is 0 Å². The number of aromatic nitrogens is 2. The molecule has 1 N–H and O–H groups in total. The van der Waals surface area contributed by atoms with E-state index in [-0.39, 0.29) is 0 Å². The van der Waals surface area contributed by atoms with E-state index in [0.29, 0.717) is 15.5 Å². The number of nitrogens with zero attached hydrogens (tertiary/aromatic N) is 3. The fourth-order valence-electron chi connectivity index (χ4n) is 7.37. The normalized spacial score (nSPS) is 31.6. The first-order valence-electron chi connectivity index (χ1n) is 11.8. The van der Waals surface area contributed by atoms with Gasteiger partial charge in [-0.25, -0.2) is 9.97 Å². The van der Waals surface area contributed by atoms with Gasteiger partial charge in [0, 0.05) is 31.7 Å². The van der Waals surface area contributed by atoms with E-state index in [4.69, 9.17) is 23.2 Å². The van der Waals surface area contributed by atoms with Gasteiger partial charge in [0.25, 0.3) is 0 Å². The van der Waals surface area contributed by atoms with Gasteiger partial charge in [-0.2, -0.15) is 0 Å². The van der Waals surface area contributed by atoms with Gasteiger partial charge >= 0.3 is 0 Å². The Hall–Kier alpha value is -1.36. The molecule has 6 heteroatoms.